The number of rotatable bonds is 5. The minimum atomic E-state index is -0.0532. The number of carbonyl (C=O) groups is 2. The molecule has 0 spiro atoms. The van der Waals surface area contributed by atoms with Gasteiger partial charge in [0.1, 0.15) is 5.76 Å². The third-order valence-electron chi connectivity index (χ3n) is 4.42. The van der Waals surface area contributed by atoms with Crippen molar-refractivity contribution in [1.82, 2.24) is 5.16 Å². The van der Waals surface area contributed by atoms with Gasteiger partial charge >= 0.3 is 0 Å². The number of carbonyl (C=O) groups excluding carboxylic acids is 2. The lowest BCUT2D eigenvalue weighted by atomic mass is 10.1. The molecule has 2 heterocycles. The second kappa shape index (κ2) is 7.48. The molecule has 0 radical (unpaired) electrons. The number of nitrogens with one attached hydrogen (secondary N) is 2. The van der Waals surface area contributed by atoms with E-state index in [1.165, 1.54) is 4.90 Å². The topological polar surface area (TPSA) is 79.9 Å². The normalized spacial score (nSPS) is 15.2. The largest absolute Gasteiger partial charge is 0.360 e. The van der Waals surface area contributed by atoms with E-state index in [9.17, 15) is 9.59 Å². The van der Waals surface area contributed by atoms with E-state index in [1.54, 1.807) is 19.9 Å². The molecule has 1 aromatic carbocycles. The van der Waals surface area contributed by atoms with E-state index in [1.807, 2.05) is 24.3 Å². The van der Waals surface area contributed by atoms with Gasteiger partial charge in [0.25, 0.3) is 5.91 Å². The van der Waals surface area contributed by atoms with Crippen molar-refractivity contribution in [2.45, 2.75) is 13.8 Å². The predicted octanol–water partition coefficient (Wildman–Crippen LogP) is 0.529. The number of Topliss-reactive ketones (excluding diaryl/α,β-unsaturated/α-hetero) is 1. The average molecular weight is 343 g/mol. The Morgan fingerprint density at radius 2 is 1.92 bits per heavy atom. The SMILES string of the molecule is CC(=O)c1ccc(N2CC[NH+](CC(=O)Nc3cc(C)on3)CC2)cc1. The quantitative estimate of drug-likeness (QED) is 0.774. The molecule has 132 valence electrons. The number of piperazine rings is 1. The Morgan fingerprint density at radius 1 is 1.24 bits per heavy atom. The third kappa shape index (κ3) is 4.45. The van der Waals surface area contributed by atoms with Crippen LogP contribution in [0.1, 0.15) is 23.0 Å². The van der Waals surface area contributed by atoms with E-state index in [2.05, 4.69) is 15.4 Å². The second-order valence-corrected chi connectivity index (χ2v) is 6.39. The van der Waals surface area contributed by atoms with Gasteiger partial charge in [-0.2, -0.15) is 0 Å². The van der Waals surface area contributed by atoms with E-state index < -0.39 is 0 Å². The van der Waals surface area contributed by atoms with Gasteiger partial charge in [-0.15, -0.1) is 0 Å². The Bertz CT molecular complexity index is 746. The summed E-state index contributed by atoms with van der Waals surface area (Å²) in [5, 5.41) is 6.53. The van der Waals surface area contributed by atoms with Crippen molar-refractivity contribution in [3.8, 4) is 0 Å². The Kier molecular flexibility index (Phi) is 5.14. The summed E-state index contributed by atoms with van der Waals surface area (Å²) in [6.07, 6.45) is 0. The van der Waals surface area contributed by atoms with Crippen molar-refractivity contribution >= 4 is 23.2 Å². The summed E-state index contributed by atoms with van der Waals surface area (Å²) in [7, 11) is 0. The second-order valence-electron chi connectivity index (χ2n) is 6.39. The molecule has 25 heavy (non-hydrogen) atoms. The number of hydrogen-bond acceptors (Lipinski definition) is 5. The zero-order chi connectivity index (χ0) is 17.8. The van der Waals surface area contributed by atoms with Crippen LogP contribution in [0, 0.1) is 6.92 Å². The first kappa shape index (κ1) is 17.2. The van der Waals surface area contributed by atoms with Gasteiger partial charge in [0.15, 0.2) is 18.1 Å². The zero-order valence-corrected chi connectivity index (χ0v) is 14.5. The average Bonchev–Trinajstić information content (AvgIpc) is 3.00. The van der Waals surface area contributed by atoms with Crippen molar-refractivity contribution in [2.75, 3.05) is 42.9 Å². The highest BCUT2D eigenvalue weighted by Crippen LogP contribution is 2.15. The molecule has 1 aliphatic heterocycles. The third-order valence-corrected chi connectivity index (χ3v) is 4.42. The molecule has 7 heteroatoms. The fourth-order valence-electron chi connectivity index (χ4n) is 3.00. The Balaban J connectivity index is 1.48. The number of aryl methyl sites for hydroxylation is 1. The maximum Gasteiger partial charge on any atom is 0.280 e. The van der Waals surface area contributed by atoms with Crippen molar-refractivity contribution < 1.29 is 19.0 Å². The zero-order valence-electron chi connectivity index (χ0n) is 14.5. The van der Waals surface area contributed by atoms with Crippen LogP contribution in [-0.4, -0.2) is 49.6 Å². The van der Waals surface area contributed by atoms with Crippen LogP contribution in [0.25, 0.3) is 0 Å². The number of aromatic nitrogens is 1. The summed E-state index contributed by atoms with van der Waals surface area (Å²) in [6, 6.07) is 9.41. The van der Waals surface area contributed by atoms with Crippen molar-refractivity contribution in [1.29, 1.82) is 0 Å². The van der Waals surface area contributed by atoms with E-state index in [0.29, 0.717) is 18.1 Å². The van der Waals surface area contributed by atoms with Crippen LogP contribution in [0.3, 0.4) is 0 Å². The first-order valence-electron chi connectivity index (χ1n) is 8.44. The predicted molar refractivity (Wildman–Crippen MR) is 94.1 cm³/mol. The van der Waals surface area contributed by atoms with E-state index in [0.717, 1.165) is 37.4 Å². The highest BCUT2D eigenvalue weighted by molar-refractivity contribution is 5.94. The van der Waals surface area contributed by atoms with Crippen molar-refractivity contribution in [3.63, 3.8) is 0 Å². The van der Waals surface area contributed by atoms with Crippen LogP contribution in [0.2, 0.25) is 0 Å². The molecular formula is C18H23N4O3+. The van der Waals surface area contributed by atoms with Gasteiger partial charge in [0.05, 0.1) is 26.2 Å². The minimum absolute atomic E-state index is 0.0532. The number of benzene rings is 1. The van der Waals surface area contributed by atoms with Crippen LogP contribution >= 0.6 is 0 Å². The summed E-state index contributed by atoms with van der Waals surface area (Å²) in [6.45, 7) is 7.32. The lowest BCUT2D eigenvalue weighted by molar-refractivity contribution is -0.892. The molecule has 0 aliphatic carbocycles. The van der Waals surface area contributed by atoms with Gasteiger partial charge in [-0.25, -0.2) is 0 Å². The molecule has 1 aromatic heterocycles. The van der Waals surface area contributed by atoms with Gasteiger partial charge in [0.2, 0.25) is 0 Å². The molecular weight excluding hydrogens is 320 g/mol. The molecule has 3 rings (SSSR count). The number of hydrogen-bond donors (Lipinski definition) is 2. The molecule has 1 saturated heterocycles. The molecule has 1 fully saturated rings. The van der Waals surface area contributed by atoms with Gasteiger partial charge in [0, 0.05) is 17.3 Å². The first-order chi connectivity index (χ1) is 12.0. The van der Waals surface area contributed by atoms with Crippen LogP contribution < -0.4 is 15.1 Å². The minimum Gasteiger partial charge on any atom is -0.360 e. The summed E-state index contributed by atoms with van der Waals surface area (Å²) in [4.78, 5) is 27.0. The molecule has 1 amide bonds. The molecule has 2 N–H and O–H groups in total. The summed E-state index contributed by atoms with van der Waals surface area (Å²) >= 11 is 0. The molecule has 0 unspecified atom stereocenters. The maximum absolute atomic E-state index is 12.1. The summed E-state index contributed by atoms with van der Waals surface area (Å²) in [5.41, 5.74) is 1.85. The lowest BCUT2D eigenvalue weighted by Gasteiger charge is -2.33. The van der Waals surface area contributed by atoms with E-state index >= 15 is 0 Å². The fourth-order valence-corrected chi connectivity index (χ4v) is 3.00. The van der Waals surface area contributed by atoms with Gasteiger partial charge in [-0.1, -0.05) is 5.16 Å². The number of anilines is 2. The van der Waals surface area contributed by atoms with Crippen LogP contribution in [0.5, 0.6) is 0 Å². The summed E-state index contributed by atoms with van der Waals surface area (Å²) < 4.78 is 4.94. The lowest BCUT2D eigenvalue weighted by Crippen LogP contribution is -3.15. The Hall–Kier alpha value is -2.67. The van der Waals surface area contributed by atoms with Crippen LogP contribution in [0.15, 0.2) is 34.9 Å². The Morgan fingerprint density at radius 3 is 2.48 bits per heavy atom. The number of amides is 1. The Labute approximate surface area is 146 Å². The van der Waals surface area contributed by atoms with Crippen molar-refractivity contribution in [2.24, 2.45) is 0 Å². The molecule has 1 aliphatic rings. The summed E-state index contributed by atoms with van der Waals surface area (Å²) in [5.74, 6) is 1.16. The molecule has 2 aromatic rings. The van der Waals surface area contributed by atoms with E-state index in [4.69, 9.17) is 4.52 Å². The highest BCUT2D eigenvalue weighted by Gasteiger charge is 2.22. The van der Waals surface area contributed by atoms with Gasteiger partial charge in [-0.05, 0) is 38.1 Å². The highest BCUT2D eigenvalue weighted by atomic mass is 16.5. The number of nitrogens with zero attached hydrogens (tertiary/aromatic N) is 2. The monoisotopic (exact) mass is 343 g/mol. The number of quaternary nitrogens is 1. The molecule has 0 bridgehead atoms. The van der Waals surface area contributed by atoms with Crippen LogP contribution in [-0.2, 0) is 4.79 Å². The van der Waals surface area contributed by atoms with Gasteiger partial charge < -0.3 is 19.6 Å². The molecule has 7 nitrogen and oxygen atoms in total. The van der Waals surface area contributed by atoms with Crippen LogP contribution in [0.4, 0.5) is 11.5 Å². The van der Waals surface area contributed by atoms with Gasteiger partial charge in [-0.3, -0.25) is 9.59 Å². The smallest absolute Gasteiger partial charge is 0.280 e. The van der Waals surface area contributed by atoms with Crippen molar-refractivity contribution in [3.05, 3.63) is 41.7 Å². The number of ketones is 1. The maximum atomic E-state index is 12.1. The molecule has 0 atom stereocenters. The fraction of sp³-hybridized carbons (Fsp3) is 0.389. The molecule has 0 saturated carbocycles. The first-order valence-corrected chi connectivity index (χ1v) is 8.44. The van der Waals surface area contributed by atoms with E-state index in [-0.39, 0.29) is 11.7 Å². The standard InChI is InChI=1S/C18H22N4O3/c1-13-11-17(20-25-13)19-18(24)12-21-7-9-22(10-8-21)16-5-3-15(4-6-16)14(2)23/h3-6,11H,7-10,12H2,1-2H3,(H,19,20,24)/p+1.